The molecule has 0 bridgehead atoms. The zero-order valence-corrected chi connectivity index (χ0v) is 18.0. The van der Waals surface area contributed by atoms with Gasteiger partial charge in [-0.2, -0.15) is 0 Å². The van der Waals surface area contributed by atoms with Crippen LogP contribution >= 0.6 is 11.8 Å². The number of anilines is 1. The maximum Gasteiger partial charge on any atom is 0.407 e. The second-order valence-corrected chi connectivity index (χ2v) is 8.60. The van der Waals surface area contributed by atoms with Gasteiger partial charge in [0.25, 0.3) is 5.69 Å². The van der Waals surface area contributed by atoms with Crippen molar-refractivity contribution in [2.24, 2.45) is 0 Å². The summed E-state index contributed by atoms with van der Waals surface area (Å²) in [4.78, 5) is 35.7. The van der Waals surface area contributed by atoms with Crippen molar-refractivity contribution < 1.29 is 19.2 Å². The number of amides is 2. The molecule has 2 amide bonds. The molecule has 0 unspecified atom stereocenters. The van der Waals surface area contributed by atoms with Gasteiger partial charge in [0.15, 0.2) is 0 Å². The van der Waals surface area contributed by atoms with Crippen LogP contribution in [-0.4, -0.2) is 29.1 Å². The summed E-state index contributed by atoms with van der Waals surface area (Å²) < 4.78 is 5.13. The fourth-order valence-electron chi connectivity index (χ4n) is 2.36. The molecule has 0 heterocycles. The Morgan fingerprint density at radius 3 is 2.13 bits per heavy atom. The van der Waals surface area contributed by atoms with Crippen molar-refractivity contribution in [2.75, 3.05) is 11.9 Å². The Balaban J connectivity index is 1.73. The Bertz CT molecular complexity index is 877. The average molecular weight is 432 g/mol. The number of nitrogens with zero attached hydrogens (tertiary/aromatic N) is 1. The van der Waals surface area contributed by atoms with Crippen molar-refractivity contribution in [3.05, 3.63) is 58.6 Å². The predicted molar refractivity (Wildman–Crippen MR) is 116 cm³/mol. The number of benzene rings is 2. The lowest BCUT2D eigenvalue weighted by Crippen LogP contribution is -2.33. The Morgan fingerprint density at radius 2 is 1.60 bits per heavy atom. The summed E-state index contributed by atoms with van der Waals surface area (Å²) in [5.41, 5.74) is 0.177. The van der Waals surface area contributed by atoms with Gasteiger partial charge >= 0.3 is 6.09 Å². The van der Waals surface area contributed by atoms with E-state index in [0.717, 1.165) is 9.79 Å². The second-order valence-electron chi connectivity index (χ2n) is 7.46. The van der Waals surface area contributed by atoms with Crippen LogP contribution in [0.1, 0.15) is 33.6 Å². The average Bonchev–Trinajstić information content (AvgIpc) is 2.66. The number of carbonyl (C=O) groups is 2. The fourth-order valence-corrected chi connectivity index (χ4v) is 3.17. The molecule has 0 saturated heterocycles. The molecule has 2 aromatic carbocycles. The molecule has 0 aromatic heterocycles. The summed E-state index contributed by atoms with van der Waals surface area (Å²) in [7, 11) is 0. The van der Waals surface area contributed by atoms with Crippen LogP contribution in [-0.2, 0) is 9.53 Å². The van der Waals surface area contributed by atoms with Crippen LogP contribution in [0, 0.1) is 10.1 Å². The number of rotatable bonds is 8. The smallest absolute Gasteiger partial charge is 0.407 e. The molecular formula is C21H25N3O5S. The molecule has 0 fully saturated rings. The molecular weight excluding hydrogens is 406 g/mol. The molecule has 0 spiro atoms. The normalized spacial score (nSPS) is 10.9. The number of ether oxygens (including phenoxy) is 1. The van der Waals surface area contributed by atoms with Crippen LogP contribution in [0.25, 0.3) is 0 Å². The van der Waals surface area contributed by atoms with Crippen LogP contribution in [0.2, 0.25) is 0 Å². The summed E-state index contributed by atoms with van der Waals surface area (Å²) in [6.07, 6.45) is 0.276. The summed E-state index contributed by atoms with van der Waals surface area (Å²) in [6, 6.07) is 13.7. The molecule has 8 nitrogen and oxygen atoms in total. The van der Waals surface area contributed by atoms with Crippen LogP contribution < -0.4 is 10.6 Å². The Hall–Kier alpha value is -3.07. The number of nitrogens with one attached hydrogen (secondary N) is 2. The lowest BCUT2D eigenvalue weighted by molar-refractivity contribution is -0.384. The monoisotopic (exact) mass is 431 g/mol. The standard InChI is InChI=1S/C21H25N3O5S/c1-21(2,3)29-20(26)22-14-4-5-19(25)23-15-6-10-17(11-7-15)30-18-12-8-16(9-13-18)24(27)28/h6-13H,4-5,14H2,1-3H3,(H,22,26)(H,23,25). The first-order chi connectivity index (χ1) is 14.1. The van der Waals surface area contributed by atoms with E-state index in [1.807, 2.05) is 12.1 Å². The topological polar surface area (TPSA) is 111 Å². The van der Waals surface area contributed by atoms with E-state index in [2.05, 4.69) is 10.6 Å². The van der Waals surface area contributed by atoms with Gasteiger partial charge in [-0.05, 0) is 63.6 Å². The summed E-state index contributed by atoms with van der Waals surface area (Å²) in [5.74, 6) is -0.142. The van der Waals surface area contributed by atoms with Gasteiger partial charge in [-0.25, -0.2) is 4.79 Å². The Kier molecular flexibility index (Phi) is 8.23. The zero-order chi connectivity index (χ0) is 22.1. The highest BCUT2D eigenvalue weighted by Crippen LogP contribution is 2.29. The minimum absolute atomic E-state index is 0.0544. The molecule has 0 aliphatic heterocycles. The first-order valence-electron chi connectivity index (χ1n) is 9.41. The first-order valence-corrected chi connectivity index (χ1v) is 10.2. The largest absolute Gasteiger partial charge is 0.444 e. The first kappa shape index (κ1) is 23.2. The summed E-state index contributed by atoms with van der Waals surface area (Å²) in [5, 5.41) is 16.1. The number of hydrogen-bond donors (Lipinski definition) is 2. The van der Waals surface area contributed by atoms with Crippen LogP contribution in [0.5, 0.6) is 0 Å². The zero-order valence-electron chi connectivity index (χ0n) is 17.1. The van der Waals surface area contributed by atoms with Crippen LogP contribution in [0.4, 0.5) is 16.2 Å². The molecule has 30 heavy (non-hydrogen) atoms. The highest BCUT2D eigenvalue weighted by atomic mass is 32.2. The van der Waals surface area contributed by atoms with E-state index in [1.165, 1.54) is 23.9 Å². The molecule has 0 radical (unpaired) electrons. The third-order valence-electron chi connectivity index (χ3n) is 3.67. The summed E-state index contributed by atoms with van der Waals surface area (Å²) >= 11 is 1.47. The van der Waals surface area contributed by atoms with E-state index in [4.69, 9.17) is 4.74 Å². The van der Waals surface area contributed by atoms with Gasteiger partial charge in [0.2, 0.25) is 5.91 Å². The lowest BCUT2D eigenvalue weighted by Gasteiger charge is -2.19. The van der Waals surface area contributed by atoms with Gasteiger partial charge < -0.3 is 15.4 Å². The third kappa shape index (κ3) is 8.52. The Labute approximate surface area is 179 Å². The number of alkyl carbamates (subject to hydrolysis) is 1. The van der Waals surface area contributed by atoms with Gasteiger partial charge in [0.05, 0.1) is 4.92 Å². The molecule has 2 N–H and O–H groups in total. The lowest BCUT2D eigenvalue weighted by atomic mass is 10.2. The number of nitro groups is 1. The van der Waals surface area contributed by atoms with Gasteiger partial charge in [-0.3, -0.25) is 14.9 Å². The minimum Gasteiger partial charge on any atom is -0.444 e. The number of nitro benzene ring substituents is 1. The third-order valence-corrected chi connectivity index (χ3v) is 4.69. The number of hydrogen-bond acceptors (Lipinski definition) is 6. The molecule has 0 aliphatic carbocycles. The van der Waals surface area contributed by atoms with Crippen LogP contribution in [0.15, 0.2) is 58.3 Å². The van der Waals surface area contributed by atoms with Gasteiger partial charge in [-0.1, -0.05) is 11.8 Å². The molecule has 9 heteroatoms. The van der Waals surface area contributed by atoms with Gasteiger partial charge in [0.1, 0.15) is 5.60 Å². The van der Waals surface area contributed by atoms with Gasteiger partial charge in [-0.15, -0.1) is 0 Å². The summed E-state index contributed by atoms with van der Waals surface area (Å²) in [6.45, 7) is 5.72. The maximum atomic E-state index is 12.0. The van der Waals surface area contributed by atoms with E-state index in [0.29, 0.717) is 18.7 Å². The SMILES string of the molecule is CC(C)(C)OC(=O)NCCCC(=O)Nc1ccc(Sc2ccc([N+](=O)[O-])cc2)cc1. The van der Waals surface area contributed by atoms with Crippen molar-refractivity contribution in [1.29, 1.82) is 0 Å². The van der Waals surface area contributed by atoms with Crippen molar-refractivity contribution in [1.82, 2.24) is 5.32 Å². The molecule has 2 aromatic rings. The molecule has 0 saturated carbocycles. The van der Waals surface area contributed by atoms with Crippen molar-refractivity contribution in [3.8, 4) is 0 Å². The highest BCUT2D eigenvalue weighted by molar-refractivity contribution is 7.99. The van der Waals surface area contributed by atoms with Crippen molar-refractivity contribution >= 4 is 35.1 Å². The second kappa shape index (κ2) is 10.6. The number of non-ortho nitro benzene ring substituents is 1. The highest BCUT2D eigenvalue weighted by Gasteiger charge is 2.15. The fraction of sp³-hybridized carbons (Fsp3) is 0.333. The van der Waals surface area contributed by atoms with E-state index < -0.39 is 16.6 Å². The van der Waals surface area contributed by atoms with Crippen molar-refractivity contribution in [2.45, 2.75) is 49.0 Å². The molecule has 160 valence electrons. The number of carbonyl (C=O) groups excluding carboxylic acids is 2. The van der Waals surface area contributed by atoms with E-state index in [1.54, 1.807) is 45.0 Å². The van der Waals surface area contributed by atoms with E-state index in [-0.39, 0.29) is 18.0 Å². The maximum absolute atomic E-state index is 12.0. The van der Waals surface area contributed by atoms with E-state index >= 15 is 0 Å². The molecule has 0 aliphatic rings. The van der Waals surface area contributed by atoms with Crippen molar-refractivity contribution in [3.63, 3.8) is 0 Å². The quantitative estimate of drug-likeness (QED) is 0.346. The van der Waals surface area contributed by atoms with Crippen LogP contribution in [0.3, 0.4) is 0 Å². The van der Waals surface area contributed by atoms with E-state index in [9.17, 15) is 19.7 Å². The predicted octanol–water partition coefficient (Wildman–Crippen LogP) is 4.99. The Morgan fingerprint density at radius 1 is 1.03 bits per heavy atom. The molecule has 0 atom stereocenters. The van der Waals surface area contributed by atoms with Gasteiger partial charge in [0, 0.05) is 40.6 Å². The minimum atomic E-state index is -0.551. The molecule has 2 rings (SSSR count).